The van der Waals surface area contributed by atoms with Crippen LogP contribution in [0.1, 0.15) is 37.3 Å². The summed E-state index contributed by atoms with van der Waals surface area (Å²) in [5.41, 5.74) is 9.70. The van der Waals surface area contributed by atoms with Crippen molar-refractivity contribution >= 4 is 0 Å². The molecule has 1 rings (SSSR count). The lowest BCUT2D eigenvalue weighted by atomic mass is 10.1. The summed E-state index contributed by atoms with van der Waals surface area (Å²) in [6.45, 7) is 2.62. The molecule has 0 unspecified atom stereocenters. The quantitative estimate of drug-likeness (QED) is 0.615. The summed E-state index contributed by atoms with van der Waals surface area (Å²) in [6, 6.07) is 8.43. The van der Waals surface area contributed by atoms with Gasteiger partial charge in [-0.1, -0.05) is 44.0 Å². The SMILES string of the molecule is CCCCCc1ccc(C[NH])cc1. The molecule has 0 aliphatic rings. The topological polar surface area (TPSA) is 23.8 Å². The Kier molecular flexibility index (Phi) is 4.55. The van der Waals surface area contributed by atoms with Crippen LogP contribution >= 0.6 is 0 Å². The van der Waals surface area contributed by atoms with E-state index in [1.807, 2.05) is 0 Å². The van der Waals surface area contributed by atoms with E-state index < -0.39 is 0 Å². The summed E-state index contributed by atoms with van der Waals surface area (Å²) >= 11 is 0. The Morgan fingerprint density at radius 1 is 1.00 bits per heavy atom. The van der Waals surface area contributed by atoms with E-state index in [9.17, 15) is 0 Å². The summed E-state index contributed by atoms with van der Waals surface area (Å²) in [5.74, 6) is 0. The van der Waals surface area contributed by atoms with Gasteiger partial charge in [-0.15, -0.1) is 0 Å². The standard InChI is InChI=1S/C12H18N/c1-2-3-4-5-11-6-8-12(10-13)9-7-11/h6-9,13H,2-5,10H2,1H3. The first-order valence-corrected chi connectivity index (χ1v) is 5.09. The Hall–Kier alpha value is -0.820. The van der Waals surface area contributed by atoms with Gasteiger partial charge >= 0.3 is 0 Å². The average Bonchev–Trinajstić information content (AvgIpc) is 2.19. The predicted molar refractivity (Wildman–Crippen MR) is 56.5 cm³/mol. The fourth-order valence-corrected chi connectivity index (χ4v) is 1.40. The van der Waals surface area contributed by atoms with E-state index in [0.717, 1.165) is 5.56 Å². The summed E-state index contributed by atoms with van der Waals surface area (Å²) in [7, 11) is 0. The Bertz CT molecular complexity index is 225. The normalized spacial score (nSPS) is 10.3. The van der Waals surface area contributed by atoms with E-state index in [4.69, 9.17) is 5.73 Å². The molecule has 0 saturated heterocycles. The lowest BCUT2D eigenvalue weighted by Gasteiger charge is -2.01. The molecule has 0 atom stereocenters. The highest BCUT2D eigenvalue weighted by Crippen LogP contribution is 2.08. The van der Waals surface area contributed by atoms with Crippen molar-refractivity contribution in [2.24, 2.45) is 0 Å². The van der Waals surface area contributed by atoms with Crippen molar-refractivity contribution in [3.05, 3.63) is 35.4 Å². The van der Waals surface area contributed by atoms with Gasteiger partial charge in [0.1, 0.15) is 0 Å². The molecule has 0 aliphatic carbocycles. The van der Waals surface area contributed by atoms with Gasteiger partial charge in [-0.05, 0) is 24.0 Å². The Morgan fingerprint density at radius 3 is 2.15 bits per heavy atom. The third-order valence-corrected chi connectivity index (χ3v) is 2.30. The zero-order valence-electron chi connectivity index (χ0n) is 8.34. The highest BCUT2D eigenvalue weighted by molar-refractivity contribution is 5.22. The van der Waals surface area contributed by atoms with Gasteiger partial charge in [0.05, 0.1) is 0 Å². The molecule has 1 heteroatoms. The molecule has 1 aromatic rings. The number of hydrogen-bond donors (Lipinski definition) is 0. The van der Waals surface area contributed by atoms with Crippen LogP contribution in [-0.4, -0.2) is 0 Å². The molecule has 0 amide bonds. The molecule has 1 aromatic carbocycles. The molecule has 0 bridgehead atoms. The van der Waals surface area contributed by atoms with Gasteiger partial charge in [-0.25, -0.2) is 0 Å². The van der Waals surface area contributed by atoms with Crippen LogP contribution in [0.2, 0.25) is 0 Å². The van der Waals surface area contributed by atoms with Crippen molar-refractivity contribution in [3.8, 4) is 0 Å². The number of aryl methyl sites for hydroxylation is 1. The highest BCUT2D eigenvalue weighted by Gasteiger charge is 1.93. The molecule has 0 fully saturated rings. The summed E-state index contributed by atoms with van der Waals surface area (Å²) in [4.78, 5) is 0. The highest BCUT2D eigenvalue weighted by atomic mass is 14.5. The van der Waals surface area contributed by atoms with Gasteiger partial charge in [0.15, 0.2) is 0 Å². The molecule has 1 nitrogen and oxygen atoms in total. The number of nitrogens with one attached hydrogen (secondary N) is 1. The Morgan fingerprint density at radius 2 is 1.62 bits per heavy atom. The van der Waals surface area contributed by atoms with Crippen molar-refractivity contribution in [2.45, 2.75) is 39.2 Å². The van der Waals surface area contributed by atoms with E-state index in [0.29, 0.717) is 6.54 Å². The van der Waals surface area contributed by atoms with E-state index in [2.05, 4.69) is 31.2 Å². The number of hydrogen-bond acceptors (Lipinski definition) is 0. The average molecular weight is 176 g/mol. The summed E-state index contributed by atoms with van der Waals surface area (Å²) in [5, 5.41) is 0. The molecule has 0 saturated carbocycles. The second-order valence-corrected chi connectivity index (χ2v) is 3.45. The molecule has 1 radical (unpaired) electrons. The van der Waals surface area contributed by atoms with Gasteiger partial charge < -0.3 is 0 Å². The first kappa shape index (κ1) is 10.3. The molecule has 0 aromatic heterocycles. The van der Waals surface area contributed by atoms with Gasteiger partial charge in [-0.2, -0.15) is 0 Å². The molecule has 0 spiro atoms. The fraction of sp³-hybridized carbons (Fsp3) is 0.500. The lowest BCUT2D eigenvalue weighted by molar-refractivity contribution is 0.717. The molecule has 1 N–H and O–H groups in total. The van der Waals surface area contributed by atoms with Crippen LogP contribution in [0.5, 0.6) is 0 Å². The minimum atomic E-state index is 0.398. The lowest BCUT2D eigenvalue weighted by Crippen LogP contribution is -1.88. The molecular weight excluding hydrogens is 158 g/mol. The van der Waals surface area contributed by atoms with Crippen LogP contribution in [0.25, 0.3) is 0 Å². The van der Waals surface area contributed by atoms with Crippen LogP contribution in [-0.2, 0) is 13.0 Å². The Labute approximate surface area is 81.0 Å². The molecule has 0 heterocycles. The minimum Gasteiger partial charge on any atom is -0.253 e. The maximum Gasteiger partial charge on any atom is 0.0351 e. The number of rotatable bonds is 5. The maximum absolute atomic E-state index is 7.18. The maximum atomic E-state index is 7.18. The van der Waals surface area contributed by atoms with Crippen molar-refractivity contribution in [1.82, 2.24) is 5.73 Å². The van der Waals surface area contributed by atoms with E-state index >= 15 is 0 Å². The Balaban J connectivity index is 2.40. The van der Waals surface area contributed by atoms with Crippen LogP contribution in [0.4, 0.5) is 0 Å². The third kappa shape index (κ3) is 3.60. The fourth-order valence-electron chi connectivity index (χ4n) is 1.40. The van der Waals surface area contributed by atoms with E-state index in [-0.39, 0.29) is 0 Å². The monoisotopic (exact) mass is 176 g/mol. The van der Waals surface area contributed by atoms with Gasteiger partial charge in [0, 0.05) is 6.54 Å². The van der Waals surface area contributed by atoms with Crippen LogP contribution < -0.4 is 5.73 Å². The largest absolute Gasteiger partial charge is 0.253 e. The third-order valence-electron chi connectivity index (χ3n) is 2.30. The van der Waals surface area contributed by atoms with Gasteiger partial charge in [0.2, 0.25) is 0 Å². The minimum absolute atomic E-state index is 0.398. The zero-order valence-corrected chi connectivity index (χ0v) is 8.34. The molecular formula is C12H18N. The van der Waals surface area contributed by atoms with E-state index in [1.54, 1.807) is 0 Å². The first-order valence-electron chi connectivity index (χ1n) is 5.09. The predicted octanol–water partition coefficient (Wildman–Crippen LogP) is 3.20. The molecule has 71 valence electrons. The number of unbranched alkanes of at least 4 members (excludes halogenated alkanes) is 2. The molecule has 13 heavy (non-hydrogen) atoms. The first-order chi connectivity index (χ1) is 6.36. The summed E-state index contributed by atoms with van der Waals surface area (Å²) in [6.07, 6.45) is 5.08. The zero-order chi connectivity index (χ0) is 9.52. The number of benzene rings is 1. The van der Waals surface area contributed by atoms with Crippen molar-refractivity contribution in [1.29, 1.82) is 0 Å². The second kappa shape index (κ2) is 5.76. The van der Waals surface area contributed by atoms with Gasteiger partial charge in [-0.3, -0.25) is 5.73 Å². The van der Waals surface area contributed by atoms with E-state index in [1.165, 1.54) is 31.2 Å². The van der Waals surface area contributed by atoms with Crippen LogP contribution in [0.3, 0.4) is 0 Å². The van der Waals surface area contributed by atoms with Gasteiger partial charge in [0.25, 0.3) is 0 Å². The van der Waals surface area contributed by atoms with Crippen molar-refractivity contribution in [2.75, 3.05) is 0 Å². The van der Waals surface area contributed by atoms with Crippen molar-refractivity contribution in [3.63, 3.8) is 0 Å². The molecule has 0 aliphatic heterocycles. The second-order valence-electron chi connectivity index (χ2n) is 3.45. The van der Waals surface area contributed by atoms with Crippen LogP contribution in [0, 0.1) is 0 Å². The smallest absolute Gasteiger partial charge is 0.0351 e. The van der Waals surface area contributed by atoms with Crippen LogP contribution in [0.15, 0.2) is 24.3 Å². The van der Waals surface area contributed by atoms with Crippen molar-refractivity contribution < 1.29 is 0 Å². The summed E-state index contributed by atoms with van der Waals surface area (Å²) < 4.78 is 0.